The van der Waals surface area contributed by atoms with Crippen molar-refractivity contribution >= 4 is 5.52 Å². The summed E-state index contributed by atoms with van der Waals surface area (Å²) in [5.41, 5.74) is 5.52. The lowest BCUT2D eigenvalue weighted by Gasteiger charge is -2.22. The Morgan fingerprint density at radius 3 is 2.93 bits per heavy atom. The summed E-state index contributed by atoms with van der Waals surface area (Å²) < 4.78 is 3.75. The lowest BCUT2D eigenvalue weighted by molar-refractivity contribution is 0.245. The van der Waals surface area contributed by atoms with Gasteiger partial charge in [0.15, 0.2) is 0 Å². The van der Waals surface area contributed by atoms with Crippen molar-refractivity contribution in [2.45, 2.75) is 25.4 Å². The molecule has 136 valence electrons. The molecule has 1 fully saturated rings. The topological polar surface area (TPSA) is 64.1 Å². The molecule has 7 heteroatoms. The molecule has 5 rings (SSSR count). The van der Waals surface area contributed by atoms with Gasteiger partial charge in [-0.15, -0.1) is 5.10 Å². The van der Waals surface area contributed by atoms with Crippen molar-refractivity contribution in [2.24, 2.45) is 7.05 Å². The fourth-order valence-electron chi connectivity index (χ4n) is 4.01. The molecule has 0 spiro atoms. The molecule has 27 heavy (non-hydrogen) atoms. The minimum Gasteiger partial charge on any atom is -0.290 e. The second-order valence-electron chi connectivity index (χ2n) is 7.05. The van der Waals surface area contributed by atoms with Crippen LogP contribution >= 0.6 is 0 Å². The Morgan fingerprint density at radius 1 is 1.15 bits per heavy atom. The Kier molecular flexibility index (Phi) is 3.94. The van der Waals surface area contributed by atoms with Crippen LogP contribution in [-0.2, 0) is 13.6 Å². The number of aryl methyl sites for hydroxylation is 1. The molecule has 4 aromatic rings. The van der Waals surface area contributed by atoms with E-state index < -0.39 is 0 Å². The maximum absolute atomic E-state index is 4.55. The molecule has 7 nitrogen and oxygen atoms in total. The van der Waals surface area contributed by atoms with Crippen molar-refractivity contribution in [3.05, 3.63) is 66.4 Å². The number of aromatic nitrogens is 6. The molecule has 0 radical (unpaired) electrons. The Balaban J connectivity index is 1.47. The predicted molar refractivity (Wildman–Crippen MR) is 102 cm³/mol. The largest absolute Gasteiger partial charge is 0.290 e. The van der Waals surface area contributed by atoms with Gasteiger partial charge in [-0.2, -0.15) is 5.10 Å². The standard InChI is InChI=1S/C20H21N7/c1-25-17(8-10-22-25)16-6-7-19-20(23-24-27(19)14-16)18-5-3-11-26(18)13-15-4-2-9-21-12-15/h2,4,6-10,12,14,18H,3,5,11,13H2,1H3. The van der Waals surface area contributed by atoms with Crippen LogP contribution in [0, 0.1) is 0 Å². The lowest BCUT2D eigenvalue weighted by Crippen LogP contribution is -2.23. The second-order valence-corrected chi connectivity index (χ2v) is 7.05. The number of hydrogen-bond acceptors (Lipinski definition) is 5. The molecule has 0 aliphatic carbocycles. The first kappa shape index (κ1) is 16.1. The Bertz CT molecular complexity index is 1070. The van der Waals surface area contributed by atoms with E-state index in [4.69, 9.17) is 0 Å². The molecule has 4 aromatic heterocycles. The minimum atomic E-state index is 0.297. The highest BCUT2D eigenvalue weighted by Crippen LogP contribution is 2.34. The highest BCUT2D eigenvalue weighted by molar-refractivity contribution is 5.63. The molecule has 0 N–H and O–H groups in total. The number of likely N-dealkylation sites (tertiary alicyclic amines) is 1. The van der Waals surface area contributed by atoms with Gasteiger partial charge in [0.2, 0.25) is 0 Å². The molecule has 1 unspecified atom stereocenters. The van der Waals surface area contributed by atoms with E-state index in [0.29, 0.717) is 6.04 Å². The smallest absolute Gasteiger partial charge is 0.108 e. The van der Waals surface area contributed by atoms with Crippen LogP contribution in [0.5, 0.6) is 0 Å². The van der Waals surface area contributed by atoms with Gasteiger partial charge in [0.25, 0.3) is 0 Å². The monoisotopic (exact) mass is 359 g/mol. The number of rotatable bonds is 4. The van der Waals surface area contributed by atoms with Crippen molar-refractivity contribution in [3.8, 4) is 11.3 Å². The molecule has 0 saturated carbocycles. The highest BCUT2D eigenvalue weighted by Gasteiger charge is 2.29. The summed E-state index contributed by atoms with van der Waals surface area (Å²) in [4.78, 5) is 6.72. The number of fused-ring (bicyclic) bond motifs is 1. The molecular formula is C20H21N7. The van der Waals surface area contributed by atoms with Gasteiger partial charge in [-0.3, -0.25) is 14.6 Å². The number of nitrogens with zero attached hydrogens (tertiary/aromatic N) is 7. The van der Waals surface area contributed by atoms with E-state index in [1.54, 1.807) is 6.20 Å². The molecule has 0 aromatic carbocycles. The van der Waals surface area contributed by atoms with Gasteiger partial charge in [-0.1, -0.05) is 11.3 Å². The normalized spacial score (nSPS) is 17.7. The van der Waals surface area contributed by atoms with E-state index in [2.05, 4.69) is 43.5 Å². The van der Waals surface area contributed by atoms with Crippen LogP contribution in [0.2, 0.25) is 0 Å². The molecule has 1 atom stereocenters. The zero-order chi connectivity index (χ0) is 18.2. The van der Waals surface area contributed by atoms with Crippen molar-refractivity contribution < 1.29 is 0 Å². The van der Waals surface area contributed by atoms with Crippen molar-refractivity contribution in [1.29, 1.82) is 0 Å². The summed E-state index contributed by atoms with van der Waals surface area (Å²) in [5, 5.41) is 13.2. The van der Waals surface area contributed by atoms with Crippen molar-refractivity contribution in [1.82, 2.24) is 34.5 Å². The van der Waals surface area contributed by atoms with E-state index in [1.807, 2.05) is 47.0 Å². The number of hydrogen-bond donors (Lipinski definition) is 0. The van der Waals surface area contributed by atoms with Gasteiger partial charge in [0, 0.05) is 43.9 Å². The molecule has 1 aliphatic rings. The first-order valence-corrected chi connectivity index (χ1v) is 9.26. The van der Waals surface area contributed by atoms with E-state index in [1.165, 1.54) is 12.0 Å². The van der Waals surface area contributed by atoms with Gasteiger partial charge < -0.3 is 0 Å². The summed E-state index contributed by atoms with van der Waals surface area (Å²) in [7, 11) is 1.95. The van der Waals surface area contributed by atoms with E-state index >= 15 is 0 Å². The fourth-order valence-corrected chi connectivity index (χ4v) is 4.01. The summed E-state index contributed by atoms with van der Waals surface area (Å²) in [5.74, 6) is 0. The Morgan fingerprint density at radius 2 is 2.11 bits per heavy atom. The summed E-state index contributed by atoms with van der Waals surface area (Å²) in [6.07, 6.45) is 9.89. The van der Waals surface area contributed by atoms with E-state index in [-0.39, 0.29) is 0 Å². The van der Waals surface area contributed by atoms with Crippen LogP contribution < -0.4 is 0 Å². The van der Waals surface area contributed by atoms with Crippen LogP contribution in [0.25, 0.3) is 16.8 Å². The molecular weight excluding hydrogens is 338 g/mol. The van der Waals surface area contributed by atoms with Gasteiger partial charge in [0.05, 0.1) is 17.3 Å². The summed E-state index contributed by atoms with van der Waals surface area (Å²) >= 11 is 0. The number of pyridine rings is 2. The maximum Gasteiger partial charge on any atom is 0.108 e. The average molecular weight is 359 g/mol. The molecule has 5 heterocycles. The van der Waals surface area contributed by atoms with Crippen LogP contribution in [0.3, 0.4) is 0 Å². The zero-order valence-electron chi connectivity index (χ0n) is 15.2. The zero-order valence-corrected chi connectivity index (χ0v) is 15.2. The third kappa shape index (κ3) is 2.90. The van der Waals surface area contributed by atoms with Gasteiger partial charge in [-0.25, -0.2) is 4.52 Å². The first-order chi connectivity index (χ1) is 13.3. The second kappa shape index (κ2) is 6.59. The molecule has 1 aliphatic heterocycles. The molecule has 1 saturated heterocycles. The van der Waals surface area contributed by atoms with E-state index in [9.17, 15) is 0 Å². The third-order valence-corrected chi connectivity index (χ3v) is 5.34. The molecule has 0 bridgehead atoms. The third-order valence-electron chi connectivity index (χ3n) is 5.34. The van der Waals surface area contributed by atoms with Gasteiger partial charge >= 0.3 is 0 Å². The summed E-state index contributed by atoms with van der Waals surface area (Å²) in [6, 6.07) is 10.7. The molecule has 0 amide bonds. The van der Waals surface area contributed by atoms with Crippen molar-refractivity contribution in [2.75, 3.05) is 6.54 Å². The Labute approximate surface area is 157 Å². The predicted octanol–water partition coefficient (Wildman–Crippen LogP) is 2.86. The minimum absolute atomic E-state index is 0.297. The first-order valence-electron chi connectivity index (χ1n) is 9.26. The SMILES string of the molecule is Cn1nccc1-c1ccc2c(C3CCCN3Cc3cccnc3)nnn2c1. The maximum atomic E-state index is 4.55. The fraction of sp³-hybridized carbons (Fsp3) is 0.300. The van der Waals surface area contributed by atoms with Gasteiger partial charge in [-0.05, 0) is 49.2 Å². The average Bonchev–Trinajstić information content (AvgIpc) is 3.41. The highest BCUT2D eigenvalue weighted by atomic mass is 15.4. The Hall–Kier alpha value is -3.06. The van der Waals surface area contributed by atoms with Crippen LogP contribution in [0.4, 0.5) is 0 Å². The summed E-state index contributed by atoms with van der Waals surface area (Å²) in [6.45, 7) is 1.97. The van der Waals surface area contributed by atoms with Crippen molar-refractivity contribution in [3.63, 3.8) is 0 Å². The van der Waals surface area contributed by atoms with Gasteiger partial charge in [0.1, 0.15) is 5.69 Å². The lowest BCUT2D eigenvalue weighted by atomic mass is 10.1. The quantitative estimate of drug-likeness (QED) is 0.561. The van der Waals surface area contributed by atoms with Crippen LogP contribution in [-0.4, -0.2) is 41.0 Å². The van der Waals surface area contributed by atoms with Crippen LogP contribution in [0.15, 0.2) is 55.1 Å². The van der Waals surface area contributed by atoms with E-state index in [0.717, 1.165) is 42.0 Å². The van der Waals surface area contributed by atoms with Crippen LogP contribution in [0.1, 0.15) is 30.1 Å².